The van der Waals surface area contributed by atoms with Gasteiger partial charge in [0, 0.05) is 11.4 Å². The summed E-state index contributed by atoms with van der Waals surface area (Å²) >= 11 is 12.2. The summed E-state index contributed by atoms with van der Waals surface area (Å²) in [6.07, 6.45) is 3.31. The van der Waals surface area contributed by atoms with E-state index in [0.29, 0.717) is 22.7 Å². The highest BCUT2D eigenvalue weighted by molar-refractivity contribution is 6.38. The predicted molar refractivity (Wildman–Crippen MR) is 128 cm³/mol. The Morgan fingerprint density at radius 1 is 1.21 bits per heavy atom. The number of carbonyl (C=O) groups is 1. The van der Waals surface area contributed by atoms with Crippen LogP contribution in [0.3, 0.4) is 0 Å². The third kappa shape index (κ3) is 4.06. The van der Waals surface area contributed by atoms with E-state index in [1.165, 1.54) is 28.0 Å². The molecule has 2 aromatic heterocycles. The Kier molecular flexibility index (Phi) is 5.85. The largest absolute Gasteiger partial charge is 0.497 e. The number of amides is 1. The van der Waals surface area contributed by atoms with Gasteiger partial charge >= 0.3 is 0 Å². The van der Waals surface area contributed by atoms with Crippen LogP contribution in [0.1, 0.15) is 23.8 Å². The summed E-state index contributed by atoms with van der Waals surface area (Å²) in [6, 6.07) is 13.6. The van der Waals surface area contributed by atoms with Gasteiger partial charge in [-0.2, -0.15) is 5.10 Å². The molecule has 1 amide bonds. The van der Waals surface area contributed by atoms with Gasteiger partial charge in [-0.3, -0.25) is 14.2 Å². The number of benzene rings is 2. The van der Waals surface area contributed by atoms with Gasteiger partial charge in [0.1, 0.15) is 24.1 Å². The van der Waals surface area contributed by atoms with Crippen molar-refractivity contribution in [3.8, 4) is 5.75 Å². The number of ether oxygens (including phenoxy) is 1. The summed E-state index contributed by atoms with van der Waals surface area (Å²) in [5.74, 6) is 0.936. The molecule has 0 spiro atoms. The Labute approximate surface area is 204 Å². The van der Waals surface area contributed by atoms with Crippen LogP contribution in [0.5, 0.6) is 5.75 Å². The molecule has 8 nitrogen and oxygen atoms in total. The van der Waals surface area contributed by atoms with E-state index in [2.05, 4.69) is 10.1 Å². The molecule has 34 heavy (non-hydrogen) atoms. The first-order valence-electron chi connectivity index (χ1n) is 10.4. The molecule has 0 saturated carbocycles. The van der Waals surface area contributed by atoms with Gasteiger partial charge in [0.25, 0.3) is 11.5 Å². The average molecular weight is 497 g/mol. The summed E-state index contributed by atoms with van der Waals surface area (Å²) in [5, 5.41) is 6.77. The Morgan fingerprint density at radius 2 is 2.00 bits per heavy atom. The third-order valence-corrected chi connectivity index (χ3v) is 6.12. The number of hydrogen-bond acceptors (Lipinski definition) is 6. The molecule has 0 saturated heterocycles. The Morgan fingerprint density at radius 3 is 2.71 bits per heavy atom. The molecular formula is C24H18Cl2N4O4. The van der Waals surface area contributed by atoms with E-state index in [9.17, 15) is 9.59 Å². The Bertz CT molecular complexity index is 1460. The molecule has 0 radical (unpaired) electrons. The Hall–Kier alpha value is -3.62. The second-order valence-electron chi connectivity index (χ2n) is 7.71. The van der Waals surface area contributed by atoms with Gasteiger partial charge in [0.15, 0.2) is 0 Å². The molecule has 5 rings (SSSR count). The number of hydrogen-bond donors (Lipinski definition) is 0. The first-order chi connectivity index (χ1) is 16.4. The summed E-state index contributed by atoms with van der Waals surface area (Å²) in [4.78, 5) is 30.6. The smallest absolute Gasteiger partial charge is 0.263 e. The van der Waals surface area contributed by atoms with Crippen molar-refractivity contribution < 1.29 is 13.9 Å². The maximum atomic E-state index is 13.3. The van der Waals surface area contributed by atoms with Crippen molar-refractivity contribution in [1.82, 2.24) is 14.6 Å². The minimum absolute atomic E-state index is 0.235. The number of fused-ring (bicyclic) bond motifs is 1. The lowest BCUT2D eigenvalue weighted by Gasteiger charge is -2.20. The molecule has 0 fully saturated rings. The van der Waals surface area contributed by atoms with Crippen LogP contribution in [-0.2, 0) is 11.3 Å². The van der Waals surface area contributed by atoms with Gasteiger partial charge in [-0.15, -0.1) is 0 Å². The number of hydrazone groups is 1. The quantitative estimate of drug-likeness (QED) is 0.400. The normalized spacial score (nSPS) is 15.6. The van der Waals surface area contributed by atoms with Crippen molar-refractivity contribution in [2.45, 2.75) is 19.0 Å². The molecule has 0 unspecified atom stereocenters. The monoisotopic (exact) mass is 496 g/mol. The van der Waals surface area contributed by atoms with Crippen LogP contribution in [0.4, 0.5) is 0 Å². The van der Waals surface area contributed by atoms with Crippen LogP contribution < -0.4 is 10.3 Å². The van der Waals surface area contributed by atoms with Crippen LogP contribution in [0, 0.1) is 0 Å². The number of rotatable bonds is 5. The lowest BCUT2D eigenvalue weighted by molar-refractivity contribution is -0.134. The summed E-state index contributed by atoms with van der Waals surface area (Å²) in [5.41, 5.74) is 1.49. The second kappa shape index (κ2) is 8.96. The molecule has 1 atom stereocenters. The van der Waals surface area contributed by atoms with E-state index in [0.717, 1.165) is 17.0 Å². The predicted octanol–water partition coefficient (Wildman–Crippen LogP) is 4.68. The Balaban J connectivity index is 1.48. The van der Waals surface area contributed by atoms with Crippen LogP contribution in [0.15, 0.2) is 75.4 Å². The molecule has 4 aromatic rings. The minimum atomic E-state index is -0.437. The molecule has 2 aromatic carbocycles. The molecule has 0 bridgehead atoms. The molecule has 172 valence electrons. The number of nitrogens with zero attached hydrogens (tertiary/aromatic N) is 4. The van der Waals surface area contributed by atoms with E-state index in [1.54, 1.807) is 25.5 Å². The molecule has 1 aliphatic rings. The molecule has 0 aliphatic carbocycles. The van der Waals surface area contributed by atoms with Crippen LogP contribution in [-0.4, -0.2) is 33.3 Å². The topological polar surface area (TPSA) is 89.9 Å². The summed E-state index contributed by atoms with van der Waals surface area (Å²) in [6.45, 7) is -0.261. The SMILES string of the molecule is COc1ccc(C2=NN(C(=O)Cn3cnc4c(Cl)cc(Cl)cc4c3=O)[C@H](c3ccco3)C2)cc1. The maximum absolute atomic E-state index is 13.3. The average Bonchev–Trinajstić information content (AvgIpc) is 3.51. The van der Waals surface area contributed by atoms with E-state index in [1.807, 2.05) is 24.3 Å². The van der Waals surface area contributed by atoms with Crippen molar-refractivity contribution in [2.24, 2.45) is 5.10 Å². The van der Waals surface area contributed by atoms with Gasteiger partial charge in [-0.1, -0.05) is 23.2 Å². The van der Waals surface area contributed by atoms with Gasteiger partial charge in [-0.05, 0) is 54.1 Å². The van der Waals surface area contributed by atoms with Crippen LogP contribution >= 0.6 is 23.2 Å². The molecule has 1 aliphatic heterocycles. The fourth-order valence-electron chi connectivity index (χ4n) is 3.93. The number of methoxy groups -OCH3 is 1. The number of furan rings is 1. The summed E-state index contributed by atoms with van der Waals surface area (Å²) < 4.78 is 12.0. The highest BCUT2D eigenvalue weighted by Crippen LogP contribution is 2.33. The second-order valence-corrected chi connectivity index (χ2v) is 8.55. The maximum Gasteiger partial charge on any atom is 0.263 e. The van der Waals surface area contributed by atoms with Gasteiger partial charge in [0.2, 0.25) is 0 Å². The van der Waals surface area contributed by atoms with Crippen molar-refractivity contribution in [2.75, 3.05) is 7.11 Å². The van der Waals surface area contributed by atoms with E-state index < -0.39 is 11.6 Å². The van der Waals surface area contributed by atoms with Gasteiger partial charge in [-0.25, -0.2) is 9.99 Å². The van der Waals surface area contributed by atoms with E-state index >= 15 is 0 Å². The van der Waals surface area contributed by atoms with Gasteiger partial charge in [0.05, 0.1) is 41.3 Å². The number of carbonyl (C=O) groups excluding carboxylic acids is 1. The number of aromatic nitrogens is 2. The van der Waals surface area contributed by atoms with Gasteiger partial charge < -0.3 is 9.15 Å². The summed E-state index contributed by atoms with van der Waals surface area (Å²) in [7, 11) is 1.60. The zero-order valence-electron chi connectivity index (χ0n) is 17.9. The lowest BCUT2D eigenvalue weighted by atomic mass is 10.0. The molecule has 3 heterocycles. The van der Waals surface area contributed by atoms with Crippen LogP contribution in [0.2, 0.25) is 10.0 Å². The van der Waals surface area contributed by atoms with Crippen molar-refractivity contribution in [3.63, 3.8) is 0 Å². The van der Waals surface area contributed by atoms with Crippen LogP contribution in [0.25, 0.3) is 10.9 Å². The van der Waals surface area contributed by atoms with Crippen molar-refractivity contribution in [1.29, 1.82) is 0 Å². The number of halogens is 2. The minimum Gasteiger partial charge on any atom is -0.497 e. The van der Waals surface area contributed by atoms with Crippen molar-refractivity contribution >= 4 is 45.7 Å². The standard InChI is InChI=1S/C24H18Cl2N4O4/c1-33-16-6-4-14(5-7-16)19-11-20(21-3-2-8-34-21)30(28-19)22(31)12-29-13-27-23-17(24(29)32)9-15(25)10-18(23)26/h2-10,13,20H,11-12H2,1H3/t20-/m0/s1. The lowest BCUT2D eigenvalue weighted by Crippen LogP contribution is -2.34. The highest BCUT2D eigenvalue weighted by Gasteiger charge is 2.35. The van der Waals surface area contributed by atoms with E-state index in [-0.39, 0.29) is 22.9 Å². The fourth-order valence-corrected chi connectivity index (χ4v) is 4.47. The fraction of sp³-hybridized carbons (Fsp3) is 0.167. The first-order valence-corrected chi connectivity index (χ1v) is 11.1. The third-order valence-electron chi connectivity index (χ3n) is 5.61. The van der Waals surface area contributed by atoms with E-state index in [4.69, 9.17) is 32.4 Å². The zero-order valence-corrected chi connectivity index (χ0v) is 19.5. The molecular weight excluding hydrogens is 479 g/mol. The molecule has 0 N–H and O–H groups in total. The highest BCUT2D eigenvalue weighted by atomic mass is 35.5. The van der Waals surface area contributed by atoms with Crippen molar-refractivity contribution in [3.05, 3.63) is 92.8 Å². The first kappa shape index (κ1) is 22.2. The zero-order chi connectivity index (χ0) is 23.8. The molecule has 10 heteroatoms.